The molecule has 0 saturated heterocycles. The Morgan fingerprint density at radius 1 is 1.27 bits per heavy atom. The Morgan fingerprint density at radius 3 is 2.73 bits per heavy atom. The van der Waals surface area contributed by atoms with E-state index in [9.17, 15) is 23.9 Å². The van der Waals surface area contributed by atoms with Crippen LogP contribution in [0.5, 0.6) is 5.75 Å². The lowest BCUT2D eigenvalue weighted by molar-refractivity contribution is -0.137. The highest BCUT2D eigenvalue weighted by Gasteiger charge is 2.34. The molecule has 1 heterocycles. The minimum Gasteiger partial charge on any atom is -0.508 e. The van der Waals surface area contributed by atoms with Crippen LogP contribution in [0.2, 0.25) is 5.02 Å². The van der Waals surface area contributed by atoms with E-state index in [4.69, 9.17) is 17.3 Å². The number of nitrogens with two attached hydrogens (primary N) is 1. The number of aromatic hydroxyl groups is 1. The predicted molar refractivity (Wildman–Crippen MR) is 118 cm³/mol. The number of hydrogen-bond donors (Lipinski definition) is 3. The molecule has 0 unspecified atom stereocenters. The van der Waals surface area contributed by atoms with E-state index in [1.54, 1.807) is 6.07 Å². The van der Waals surface area contributed by atoms with E-state index < -0.39 is 17.6 Å². The summed E-state index contributed by atoms with van der Waals surface area (Å²) in [6, 6.07) is 8.74. The second-order valence-corrected chi connectivity index (χ2v) is 8.22. The molecule has 3 aromatic rings. The Bertz CT molecular complexity index is 1260. The first-order valence-electron chi connectivity index (χ1n) is 10.2. The zero-order chi connectivity index (χ0) is 23.7. The van der Waals surface area contributed by atoms with Gasteiger partial charge in [-0.1, -0.05) is 23.7 Å². The largest absolute Gasteiger partial charge is 0.508 e. The number of carbonyl (C=O) groups is 3. The van der Waals surface area contributed by atoms with Crippen LogP contribution in [0.1, 0.15) is 28.9 Å². The fraction of sp³-hybridized carbons (Fsp3) is 0.273. The molecule has 4 N–H and O–H groups in total. The molecule has 1 aliphatic rings. The molecule has 0 spiro atoms. The van der Waals surface area contributed by atoms with Crippen LogP contribution in [-0.4, -0.2) is 50.1 Å². The average molecular weight is 474 g/mol. The Hall–Kier alpha value is -3.66. The molecule has 1 saturated carbocycles. The number of hydrogen-bond acceptors (Lipinski definition) is 5. The van der Waals surface area contributed by atoms with Crippen molar-refractivity contribution < 1.29 is 23.9 Å². The van der Waals surface area contributed by atoms with Gasteiger partial charge in [0.2, 0.25) is 11.8 Å². The molecular formula is C22H21ClFN5O4. The number of nitrogens with one attached hydrogen (secondary N) is 1. The summed E-state index contributed by atoms with van der Waals surface area (Å²) in [5.41, 5.74) is 6.01. The minimum atomic E-state index is -0.788. The van der Waals surface area contributed by atoms with Crippen LogP contribution in [0.4, 0.5) is 4.39 Å². The molecule has 2 aromatic carbocycles. The highest BCUT2D eigenvalue weighted by atomic mass is 35.5. The lowest BCUT2D eigenvalue weighted by atomic mass is 10.2. The molecule has 9 nitrogen and oxygen atoms in total. The molecule has 0 bridgehead atoms. The van der Waals surface area contributed by atoms with Crippen molar-refractivity contribution in [3.8, 4) is 5.75 Å². The van der Waals surface area contributed by atoms with Gasteiger partial charge in [0.05, 0.1) is 17.1 Å². The third-order valence-electron chi connectivity index (χ3n) is 5.38. The van der Waals surface area contributed by atoms with Gasteiger partial charge in [-0.2, -0.15) is 5.10 Å². The number of primary amides is 1. The highest BCUT2D eigenvalue weighted by molar-refractivity contribution is 6.30. The van der Waals surface area contributed by atoms with E-state index in [2.05, 4.69) is 10.4 Å². The smallest absolute Gasteiger partial charge is 0.269 e. The summed E-state index contributed by atoms with van der Waals surface area (Å²) < 4.78 is 15.4. The van der Waals surface area contributed by atoms with Gasteiger partial charge in [0, 0.05) is 23.5 Å². The fourth-order valence-electron chi connectivity index (χ4n) is 3.59. The van der Waals surface area contributed by atoms with Gasteiger partial charge in [-0.3, -0.25) is 19.1 Å². The van der Waals surface area contributed by atoms with Crippen molar-refractivity contribution in [1.82, 2.24) is 20.0 Å². The lowest BCUT2D eigenvalue weighted by Crippen LogP contribution is -2.43. The zero-order valence-corrected chi connectivity index (χ0v) is 18.2. The average Bonchev–Trinajstić information content (AvgIpc) is 3.55. The number of amides is 3. The van der Waals surface area contributed by atoms with Crippen LogP contribution < -0.4 is 11.1 Å². The van der Waals surface area contributed by atoms with Crippen LogP contribution in [-0.2, 0) is 22.7 Å². The van der Waals surface area contributed by atoms with Crippen molar-refractivity contribution in [3.63, 3.8) is 0 Å². The summed E-state index contributed by atoms with van der Waals surface area (Å²) in [7, 11) is 0. The van der Waals surface area contributed by atoms with E-state index in [1.807, 2.05) is 0 Å². The summed E-state index contributed by atoms with van der Waals surface area (Å²) in [5, 5.41) is 16.8. The number of halogens is 2. The quantitative estimate of drug-likeness (QED) is 0.460. The van der Waals surface area contributed by atoms with Gasteiger partial charge in [0.25, 0.3) is 5.91 Å². The van der Waals surface area contributed by atoms with Gasteiger partial charge in [-0.05, 0) is 37.1 Å². The Labute approximate surface area is 192 Å². The minimum absolute atomic E-state index is 0.0355. The van der Waals surface area contributed by atoms with Crippen molar-refractivity contribution in [1.29, 1.82) is 0 Å². The van der Waals surface area contributed by atoms with Gasteiger partial charge >= 0.3 is 0 Å². The van der Waals surface area contributed by atoms with Crippen LogP contribution in [0.25, 0.3) is 10.9 Å². The summed E-state index contributed by atoms with van der Waals surface area (Å²) in [5.74, 6) is -2.26. The standard InChI is InChI=1S/C22H21ClFN5O4/c23-16-3-1-2-12(20(16)24)9-26-18(31)10-28(13-4-5-13)19(32)11-29-17-7-6-14(30)8-15(17)21(27-29)22(25)33/h1-3,6-8,13,30H,4-5,9-11H2,(H2,25,33)(H,26,31). The normalized spacial score (nSPS) is 13.2. The van der Waals surface area contributed by atoms with Crippen molar-refractivity contribution in [2.24, 2.45) is 5.73 Å². The third-order valence-corrected chi connectivity index (χ3v) is 5.67. The number of phenolic OH excluding ortho intramolecular Hbond substituents is 1. The topological polar surface area (TPSA) is 131 Å². The Morgan fingerprint density at radius 2 is 2.03 bits per heavy atom. The monoisotopic (exact) mass is 473 g/mol. The number of phenols is 1. The summed E-state index contributed by atoms with van der Waals surface area (Å²) >= 11 is 5.76. The first-order chi connectivity index (χ1) is 15.7. The lowest BCUT2D eigenvalue weighted by Gasteiger charge is -2.22. The van der Waals surface area contributed by atoms with Crippen molar-refractivity contribution >= 4 is 40.2 Å². The second-order valence-electron chi connectivity index (χ2n) is 7.81. The zero-order valence-electron chi connectivity index (χ0n) is 17.4. The summed E-state index contributed by atoms with van der Waals surface area (Å²) in [6.07, 6.45) is 1.53. The first-order valence-corrected chi connectivity index (χ1v) is 10.6. The number of nitrogens with zero attached hydrogens (tertiary/aromatic N) is 3. The Kier molecular flexibility index (Phi) is 6.19. The molecule has 172 valence electrons. The van der Waals surface area contributed by atoms with Gasteiger partial charge < -0.3 is 21.1 Å². The maximum absolute atomic E-state index is 14.0. The maximum atomic E-state index is 14.0. The Balaban J connectivity index is 1.47. The number of fused-ring (bicyclic) bond motifs is 1. The highest BCUT2D eigenvalue weighted by Crippen LogP contribution is 2.28. The van der Waals surface area contributed by atoms with E-state index in [0.717, 1.165) is 12.8 Å². The predicted octanol–water partition coefficient (Wildman–Crippen LogP) is 1.94. The molecule has 0 atom stereocenters. The molecule has 11 heteroatoms. The summed E-state index contributed by atoms with van der Waals surface area (Å²) in [6.45, 7) is -0.483. The van der Waals surface area contributed by atoms with Gasteiger partial charge in [0.15, 0.2) is 5.69 Å². The molecule has 4 rings (SSSR count). The van der Waals surface area contributed by atoms with Crippen molar-refractivity contribution in [3.05, 3.63) is 58.5 Å². The molecule has 1 aliphatic carbocycles. The van der Waals surface area contributed by atoms with Crippen LogP contribution >= 0.6 is 11.6 Å². The number of rotatable bonds is 8. The van der Waals surface area contributed by atoms with E-state index in [1.165, 1.54) is 39.9 Å². The number of benzene rings is 2. The van der Waals surface area contributed by atoms with E-state index in [-0.39, 0.29) is 53.6 Å². The fourth-order valence-corrected chi connectivity index (χ4v) is 3.78. The van der Waals surface area contributed by atoms with Crippen molar-refractivity contribution in [2.75, 3.05) is 6.54 Å². The third kappa shape index (κ3) is 4.90. The number of carbonyl (C=O) groups excluding carboxylic acids is 3. The van der Waals surface area contributed by atoms with Gasteiger partial charge in [0.1, 0.15) is 18.1 Å². The molecular weight excluding hydrogens is 453 g/mol. The number of aromatic nitrogens is 2. The van der Waals surface area contributed by atoms with Crippen LogP contribution in [0, 0.1) is 5.82 Å². The molecule has 0 aliphatic heterocycles. The molecule has 3 amide bonds. The maximum Gasteiger partial charge on any atom is 0.269 e. The van der Waals surface area contributed by atoms with E-state index in [0.29, 0.717) is 10.9 Å². The second kappa shape index (κ2) is 9.07. The molecule has 33 heavy (non-hydrogen) atoms. The van der Waals surface area contributed by atoms with Crippen LogP contribution in [0.15, 0.2) is 36.4 Å². The van der Waals surface area contributed by atoms with Gasteiger partial charge in [-0.25, -0.2) is 4.39 Å². The van der Waals surface area contributed by atoms with Gasteiger partial charge in [-0.15, -0.1) is 0 Å². The van der Waals surface area contributed by atoms with E-state index >= 15 is 0 Å². The SMILES string of the molecule is NC(=O)c1nn(CC(=O)N(CC(=O)NCc2cccc(Cl)c2F)C2CC2)c2ccc(O)cc12. The van der Waals surface area contributed by atoms with Crippen molar-refractivity contribution in [2.45, 2.75) is 32.0 Å². The van der Waals surface area contributed by atoms with Crippen LogP contribution in [0.3, 0.4) is 0 Å². The molecule has 1 aromatic heterocycles. The summed E-state index contributed by atoms with van der Waals surface area (Å²) in [4.78, 5) is 38.7. The molecule has 0 radical (unpaired) electrons. The first kappa shape index (κ1) is 22.5. The molecule has 1 fully saturated rings.